The van der Waals surface area contributed by atoms with Crippen LogP contribution < -0.4 is 9.64 Å². The van der Waals surface area contributed by atoms with Gasteiger partial charge in [-0.15, -0.1) is 0 Å². The molecule has 1 aromatic carbocycles. The third-order valence-electron chi connectivity index (χ3n) is 8.57. The van der Waals surface area contributed by atoms with Crippen molar-refractivity contribution in [2.24, 2.45) is 0 Å². The Labute approximate surface area is 244 Å². The number of benzene rings is 1. The van der Waals surface area contributed by atoms with Crippen molar-refractivity contribution >= 4 is 22.6 Å². The van der Waals surface area contributed by atoms with Crippen LogP contribution in [0.3, 0.4) is 0 Å². The minimum atomic E-state index is -0.534. The molecule has 3 aromatic rings. The molecule has 42 heavy (non-hydrogen) atoms. The molecule has 3 aliphatic rings. The molecular weight excluding hydrogens is 537 g/mol. The summed E-state index contributed by atoms with van der Waals surface area (Å²) in [6.45, 7) is 7.22. The monoisotopic (exact) mass is 571 g/mol. The molecule has 0 saturated carbocycles. The van der Waals surface area contributed by atoms with Crippen molar-refractivity contribution in [3.63, 3.8) is 0 Å². The minimum absolute atomic E-state index is 0.0961. The van der Waals surface area contributed by atoms with Crippen molar-refractivity contribution in [2.75, 3.05) is 51.3 Å². The number of hydrogen-bond donors (Lipinski definition) is 0. The number of rotatable bonds is 7. The van der Waals surface area contributed by atoms with Gasteiger partial charge in [-0.05, 0) is 50.1 Å². The molecule has 2 aromatic heterocycles. The Morgan fingerprint density at radius 3 is 2.95 bits per heavy atom. The zero-order valence-corrected chi connectivity index (χ0v) is 23.8. The molecule has 0 radical (unpaired) electrons. The summed E-state index contributed by atoms with van der Waals surface area (Å²) in [7, 11) is 2.07. The fourth-order valence-electron chi connectivity index (χ4n) is 6.25. The van der Waals surface area contributed by atoms with Crippen molar-refractivity contribution < 1.29 is 18.7 Å². The quantitative estimate of drug-likeness (QED) is 0.394. The van der Waals surface area contributed by atoms with Crippen LogP contribution in [0.15, 0.2) is 37.1 Å². The zero-order chi connectivity index (χ0) is 29.2. The predicted molar refractivity (Wildman–Crippen MR) is 155 cm³/mol. The highest BCUT2D eigenvalue weighted by molar-refractivity contribution is 5.92. The van der Waals surface area contributed by atoms with Crippen molar-refractivity contribution in [2.45, 2.75) is 44.4 Å². The Morgan fingerprint density at radius 1 is 1.29 bits per heavy atom. The second-order valence-electron chi connectivity index (χ2n) is 11.0. The molecule has 2 unspecified atom stereocenters. The van der Waals surface area contributed by atoms with E-state index in [4.69, 9.17) is 14.5 Å². The third-order valence-corrected chi connectivity index (χ3v) is 8.57. The molecule has 0 aliphatic carbocycles. The Hall–Kier alpha value is -4.14. The van der Waals surface area contributed by atoms with Crippen LogP contribution in [0.2, 0.25) is 0 Å². The summed E-state index contributed by atoms with van der Waals surface area (Å²) in [6, 6.07) is 7.92. The lowest BCUT2D eigenvalue weighted by Crippen LogP contribution is -2.55. The Balaban J connectivity index is 1.42. The van der Waals surface area contributed by atoms with E-state index in [2.05, 4.69) is 34.6 Å². The Morgan fingerprint density at radius 2 is 2.17 bits per heavy atom. The van der Waals surface area contributed by atoms with E-state index < -0.39 is 5.82 Å². The highest BCUT2D eigenvalue weighted by Crippen LogP contribution is 2.36. The lowest BCUT2D eigenvalue weighted by molar-refractivity contribution is -0.128. The summed E-state index contributed by atoms with van der Waals surface area (Å²) >= 11 is 0. The van der Waals surface area contributed by atoms with Crippen LogP contribution in [0.1, 0.15) is 30.4 Å². The Kier molecular flexibility index (Phi) is 8.00. The van der Waals surface area contributed by atoms with E-state index >= 15 is 4.39 Å². The third kappa shape index (κ3) is 5.28. The lowest BCUT2D eigenvalue weighted by Gasteiger charge is -2.41. The molecule has 2 fully saturated rings. The number of amides is 1. The van der Waals surface area contributed by atoms with E-state index in [1.54, 1.807) is 11.1 Å². The number of nitriles is 1. The van der Waals surface area contributed by atoms with Gasteiger partial charge in [0.25, 0.3) is 0 Å². The van der Waals surface area contributed by atoms with E-state index in [1.807, 2.05) is 23.1 Å². The van der Waals surface area contributed by atoms with Gasteiger partial charge in [0.1, 0.15) is 23.6 Å². The van der Waals surface area contributed by atoms with Crippen LogP contribution in [0.4, 0.5) is 10.2 Å². The first kappa shape index (κ1) is 28.0. The Bertz CT molecular complexity index is 1560. The van der Waals surface area contributed by atoms with Crippen LogP contribution in [-0.2, 0) is 22.6 Å². The topological polar surface area (TPSA) is 108 Å². The number of likely N-dealkylation sites (tertiary alicyclic amines) is 1. The van der Waals surface area contributed by atoms with Crippen molar-refractivity contribution in [1.82, 2.24) is 24.8 Å². The minimum Gasteiger partial charge on any atom is -0.462 e. The van der Waals surface area contributed by atoms with Crippen LogP contribution in [0.5, 0.6) is 6.01 Å². The lowest BCUT2D eigenvalue weighted by atomic mass is 9.94. The van der Waals surface area contributed by atoms with Gasteiger partial charge in [-0.2, -0.15) is 15.2 Å². The summed E-state index contributed by atoms with van der Waals surface area (Å²) in [6.07, 6.45) is 5.82. The predicted octanol–water partition coefficient (Wildman–Crippen LogP) is 3.49. The molecule has 1 amide bonds. The molecule has 6 rings (SSSR count). The number of aromatic nitrogens is 3. The molecular formula is C31H34FN7O3. The van der Waals surface area contributed by atoms with E-state index in [1.165, 1.54) is 6.08 Å². The van der Waals surface area contributed by atoms with Gasteiger partial charge in [0.05, 0.1) is 37.1 Å². The maximum absolute atomic E-state index is 16.5. The maximum atomic E-state index is 16.5. The van der Waals surface area contributed by atoms with Gasteiger partial charge >= 0.3 is 6.01 Å². The number of hydrogen-bond acceptors (Lipinski definition) is 9. The van der Waals surface area contributed by atoms with Gasteiger partial charge in [0.15, 0.2) is 5.82 Å². The second kappa shape index (κ2) is 12.0. The molecule has 3 aliphatic heterocycles. The van der Waals surface area contributed by atoms with Crippen LogP contribution in [-0.4, -0.2) is 89.2 Å². The van der Waals surface area contributed by atoms with E-state index in [-0.39, 0.29) is 41.6 Å². The van der Waals surface area contributed by atoms with Crippen LogP contribution >= 0.6 is 0 Å². The standard InChI is InChI=1S/C31H34FN7O3/c1-3-26(40)39-14-13-38(17-21(39)9-11-33)30-25-16-34-28(24-8-4-6-20-18-41-15-10-23(20)24)27(32)29(25)35-31(36-30)42-19-22-7-5-12-37(22)2/h3-4,6,8,16,21-22H,1,5,7,9-10,12-15,17-19H2,2H3. The maximum Gasteiger partial charge on any atom is 0.319 e. The SMILES string of the molecule is C=CC(=O)N1CCN(c2nc(OCC3CCCN3C)nc3c(F)c(-c4cccc5c4CCOC5)ncc23)CC1CC#N. The highest BCUT2D eigenvalue weighted by Gasteiger charge is 2.32. The number of carbonyl (C=O) groups excluding carboxylic acids is 1. The number of halogens is 1. The first-order chi connectivity index (χ1) is 20.5. The number of fused-ring (bicyclic) bond motifs is 2. The molecule has 5 heterocycles. The summed E-state index contributed by atoms with van der Waals surface area (Å²) in [5, 5.41) is 9.92. The van der Waals surface area contributed by atoms with Gasteiger partial charge in [0.2, 0.25) is 5.91 Å². The van der Waals surface area contributed by atoms with Gasteiger partial charge < -0.3 is 24.2 Å². The van der Waals surface area contributed by atoms with Crippen LogP contribution in [0.25, 0.3) is 22.2 Å². The largest absolute Gasteiger partial charge is 0.462 e. The van der Waals surface area contributed by atoms with Gasteiger partial charge in [-0.1, -0.05) is 24.8 Å². The molecule has 218 valence electrons. The first-order valence-corrected chi connectivity index (χ1v) is 14.4. The number of pyridine rings is 1. The number of anilines is 1. The van der Waals surface area contributed by atoms with E-state index in [0.717, 1.165) is 36.1 Å². The van der Waals surface area contributed by atoms with Crippen molar-refractivity contribution in [3.8, 4) is 23.3 Å². The molecule has 11 heteroatoms. The number of carbonyl (C=O) groups is 1. The average Bonchev–Trinajstić information content (AvgIpc) is 3.44. The second-order valence-corrected chi connectivity index (χ2v) is 11.0. The van der Waals surface area contributed by atoms with Crippen LogP contribution in [0, 0.1) is 17.1 Å². The smallest absolute Gasteiger partial charge is 0.319 e. The molecule has 2 saturated heterocycles. The first-order valence-electron chi connectivity index (χ1n) is 14.4. The molecule has 10 nitrogen and oxygen atoms in total. The van der Waals surface area contributed by atoms with Gasteiger partial charge in [-0.3, -0.25) is 9.78 Å². The molecule has 0 bridgehead atoms. The summed E-state index contributed by atoms with van der Waals surface area (Å²) in [4.78, 5) is 32.3. The van der Waals surface area contributed by atoms with E-state index in [9.17, 15) is 10.1 Å². The highest BCUT2D eigenvalue weighted by atomic mass is 19.1. The van der Waals surface area contributed by atoms with Crippen molar-refractivity contribution in [1.29, 1.82) is 5.26 Å². The van der Waals surface area contributed by atoms with Crippen molar-refractivity contribution in [3.05, 3.63) is 54.0 Å². The fraction of sp³-hybridized carbons (Fsp3) is 0.452. The fourth-order valence-corrected chi connectivity index (χ4v) is 6.25. The number of nitrogens with zero attached hydrogens (tertiary/aromatic N) is 7. The van der Waals surface area contributed by atoms with E-state index in [0.29, 0.717) is 57.1 Å². The zero-order valence-electron chi connectivity index (χ0n) is 23.8. The van der Waals surface area contributed by atoms with Gasteiger partial charge in [0, 0.05) is 37.4 Å². The normalized spacial score (nSPS) is 20.8. The average molecular weight is 572 g/mol. The summed E-state index contributed by atoms with van der Waals surface area (Å²) in [5.41, 5.74) is 3.16. The molecule has 0 spiro atoms. The molecule has 0 N–H and O–H groups in total. The van der Waals surface area contributed by atoms with Gasteiger partial charge in [-0.25, -0.2) is 4.39 Å². The summed E-state index contributed by atoms with van der Waals surface area (Å²) < 4.78 is 28.2. The summed E-state index contributed by atoms with van der Waals surface area (Å²) in [5.74, 6) is -0.279. The number of ether oxygens (including phenoxy) is 2. The number of piperazine rings is 1. The molecule has 2 atom stereocenters. The number of likely N-dealkylation sites (N-methyl/N-ethyl adjacent to an activating group) is 1.